The minimum atomic E-state index is -0.809. The summed E-state index contributed by atoms with van der Waals surface area (Å²) in [6, 6.07) is 10.2. The molecule has 3 aliphatic heterocycles. The topological polar surface area (TPSA) is 101 Å². The molecule has 4 atom stereocenters. The number of nitrogens with zero attached hydrogens (tertiary/aromatic N) is 3. The Morgan fingerprint density at radius 2 is 1.78 bits per heavy atom. The van der Waals surface area contributed by atoms with E-state index < -0.39 is 34.6 Å². The number of carbonyl (C=O) groups excluding carboxylic acids is 3. The highest BCUT2D eigenvalue weighted by atomic mass is 35.5. The Balaban J connectivity index is 1.55. The van der Waals surface area contributed by atoms with E-state index in [0.717, 1.165) is 29.4 Å². The van der Waals surface area contributed by atoms with Gasteiger partial charge in [-0.25, -0.2) is 4.90 Å². The maximum atomic E-state index is 13.5. The van der Waals surface area contributed by atoms with E-state index in [-0.39, 0.29) is 28.2 Å². The van der Waals surface area contributed by atoms with Crippen molar-refractivity contribution in [2.24, 2.45) is 11.8 Å². The number of hydrogen-bond acceptors (Lipinski definition) is 6. The van der Waals surface area contributed by atoms with Crippen LogP contribution in [0.2, 0.25) is 5.02 Å². The third-order valence-corrected chi connectivity index (χ3v) is 7.16. The summed E-state index contributed by atoms with van der Waals surface area (Å²) in [5.74, 6) is -2.52. The lowest BCUT2D eigenvalue weighted by Crippen LogP contribution is -2.46. The predicted molar refractivity (Wildman–Crippen MR) is 117 cm³/mol. The molecule has 3 aliphatic rings. The maximum Gasteiger partial charge on any atom is 0.289 e. The van der Waals surface area contributed by atoms with Crippen LogP contribution in [0.1, 0.15) is 28.8 Å². The van der Waals surface area contributed by atoms with Crippen molar-refractivity contribution in [3.8, 4) is 0 Å². The minimum absolute atomic E-state index is 0.0765. The summed E-state index contributed by atoms with van der Waals surface area (Å²) in [5.41, 5.74) is 1.26. The number of ketones is 1. The summed E-state index contributed by atoms with van der Waals surface area (Å²) in [6.45, 7) is 2.59. The van der Waals surface area contributed by atoms with E-state index >= 15 is 0 Å². The third kappa shape index (κ3) is 2.97. The van der Waals surface area contributed by atoms with Gasteiger partial charge in [-0.1, -0.05) is 41.4 Å². The number of nitro groups is 1. The van der Waals surface area contributed by atoms with Crippen molar-refractivity contribution in [1.82, 2.24) is 4.90 Å². The summed E-state index contributed by atoms with van der Waals surface area (Å²) in [4.78, 5) is 54.1. The lowest BCUT2D eigenvalue weighted by atomic mass is 9.85. The first-order chi connectivity index (χ1) is 15.3. The Morgan fingerprint density at radius 3 is 2.47 bits per heavy atom. The van der Waals surface area contributed by atoms with Crippen molar-refractivity contribution in [3.63, 3.8) is 0 Å². The quantitative estimate of drug-likeness (QED) is 0.304. The molecule has 3 heterocycles. The van der Waals surface area contributed by atoms with Gasteiger partial charge in [0.05, 0.1) is 28.5 Å². The fourth-order valence-electron chi connectivity index (χ4n) is 5.44. The fourth-order valence-corrected chi connectivity index (χ4v) is 5.62. The second-order valence-corrected chi connectivity index (χ2v) is 8.99. The monoisotopic (exact) mass is 453 g/mol. The molecule has 5 rings (SSSR count). The normalized spacial score (nSPS) is 27.0. The molecule has 8 nitrogen and oxygen atoms in total. The molecule has 3 fully saturated rings. The first kappa shape index (κ1) is 20.8. The minimum Gasteiger partial charge on any atom is -0.292 e. The van der Waals surface area contributed by atoms with Crippen LogP contribution in [0.4, 0.5) is 11.4 Å². The molecule has 0 unspecified atom stereocenters. The van der Waals surface area contributed by atoms with Gasteiger partial charge in [-0.3, -0.25) is 29.4 Å². The van der Waals surface area contributed by atoms with E-state index in [2.05, 4.69) is 0 Å². The summed E-state index contributed by atoms with van der Waals surface area (Å²) in [6.07, 6.45) is 1.58. The van der Waals surface area contributed by atoms with Gasteiger partial charge in [-0.05, 0) is 38.4 Å². The molecule has 2 aromatic carbocycles. The molecule has 0 bridgehead atoms. The Morgan fingerprint density at radius 1 is 1.09 bits per heavy atom. The molecule has 0 radical (unpaired) electrons. The van der Waals surface area contributed by atoms with Gasteiger partial charge in [0.2, 0.25) is 11.8 Å². The van der Waals surface area contributed by atoms with Crippen LogP contribution in [0, 0.1) is 28.9 Å². The SMILES string of the molecule is Cc1ccc(C(=O)[C@H]2[C@H]3C(=O)N(c4ccc(Cl)c([N+](=O)[O-])c4)C(=O)[C@@H]3[C@H]3CCCN32)cc1. The molecule has 0 saturated carbocycles. The van der Waals surface area contributed by atoms with Gasteiger partial charge in [0.1, 0.15) is 5.02 Å². The molecular formula is C23H20ClN3O5. The number of imide groups is 1. The van der Waals surface area contributed by atoms with Crippen LogP contribution in [-0.4, -0.2) is 46.0 Å². The average molecular weight is 454 g/mol. The van der Waals surface area contributed by atoms with Crippen LogP contribution in [0.25, 0.3) is 0 Å². The number of fused-ring (bicyclic) bond motifs is 3. The molecule has 9 heteroatoms. The zero-order valence-electron chi connectivity index (χ0n) is 17.2. The molecule has 2 amide bonds. The van der Waals surface area contributed by atoms with Gasteiger partial charge < -0.3 is 0 Å². The first-order valence-electron chi connectivity index (χ1n) is 10.5. The van der Waals surface area contributed by atoms with Crippen LogP contribution >= 0.6 is 11.6 Å². The van der Waals surface area contributed by atoms with Crippen LogP contribution < -0.4 is 4.90 Å². The zero-order chi connectivity index (χ0) is 22.7. The Kier molecular flexibility index (Phi) is 4.87. The van der Waals surface area contributed by atoms with E-state index in [1.807, 2.05) is 24.0 Å². The number of rotatable bonds is 4. The maximum absolute atomic E-state index is 13.5. The fraction of sp³-hybridized carbons (Fsp3) is 0.348. The largest absolute Gasteiger partial charge is 0.292 e. The molecule has 164 valence electrons. The van der Waals surface area contributed by atoms with Gasteiger partial charge in [0.25, 0.3) is 5.69 Å². The first-order valence-corrected chi connectivity index (χ1v) is 10.9. The van der Waals surface area contributed by atoms with Crippen molar-refractivity contribution in [2.75, 3.05) is 11.4 Å². The molecule has 2 aromatic rings. The summed E-state index contributed by atoms with van der Waals surface area (Å²) >= 11 is 5.90. The average Bonchev–Trinajstić information content (AvgIpc) is 3.41. The van der Waals surface area contributed by atoms with E-state index in [4.69, 9.17) is 11.6 Å². The number of Topliss-reactive ketones (excluding diaryl/α,β-unsaturated/α-hetero) is 1. The number of carbonyl (C=O) groups is 3. The number of anilines is 1. The molecule has 0 aliphatic carbocycles. The summed E-state index contributed by atoms with van der Waals surface area (Å²) < 4.78 is 0. The van der Waals surface area contributed by atoms with E-state index in [1.165, 1.54) is 12.1 Å². The molecule has 3 saturated heterocycles. The Bertz CT molecular complexity index is 1160. The molecule has 32 heavy (non-hydrogen) atoms. The number of halogens is 1. The van der Waals surface area contributed by atoms with E-state index in [0.29, 0.717) is 12.1 Å². The van der Waals surface area contributed by atoms with Crippen molar-refractivity contribution in [3.05, 3.63) is 68.7 Å². The summed E-state index contributed by atoms with van der Waals surface area (Å²) in [5, 5.41) is 11.2. The second kappa shape index (κ2) is 7.50. The highest BCUT2D eigenvalue weighted by molar-refractivity contribution is 6.33. The highest BCUT2D eigenvalue weighted by Crippen LogP contribution is 2.49. The highest BCUT2D eigenvalue weighted by Gasteiger charge is 2.64. The molecule has 0 aromatic heterocycles. The van der Waals surface area contributed by atoms with Crippen molar-refractivity contribution >= 4 is 40.6 Å². The van der Waals surface area contributed by atoms with Gasteiger partial charge in [-0.15, -0.1) is 0 Å². The van der Waals surface area contributed by atoms with Gasteiger partial charge in [0, 0.05) is 17.7 Å². The lowest BCUT2D eigenvalue weighted by molar-refractivity contribution is -0.384. The number of hydrogen-bond donors (Lipinski definition) is 0. The second-order valence-electron chi connectivity index (χ2n) is 8.58. The van der Waals surface area contributed by atoms with Crippen LogP contribution in [0.5, 0.6) is 0 Å². The van der Waals surface area contributed by atoms with Crippen LogP contribution in [-0.2, 0) is 9.59 Å². The molecular weight excluding hydrogens is 434 g/mol. The van der Waals surface area contributed by atoms with Crippen LogP contribution in [0.3, 0.4) is 0 Å². The number of aryl methyl sites for hydroxylation is 1. The van der Waals surface area contributed by atoms with E-state index in [9.17, 15) is 24.5 Å². The lowest BCUT2D eigenvalue weighted by Gasteiger charge is -2.27. The summed E-state index contributed by atoms with van der Waals surface area (Å²) in [7, 11) is 0. The Hall–Kier alpha value is -3.10. The number of nitro benzene ring substituents is 1. The third-order valence-electron chi connectivity index (χ3n) is 6.84. The van der Waals surface area contributed by atoms with Gasteiger partial charge >= 0.3 is 0 Å². The molecule has 0 N–H and O–H groups in total. The standard InChI is InChI=1S/C23H20ClN3O5/c1-12-4-6-13(7-5-12)21(28)20-19-18(16-3-2-10-25(16)20)22(29)26(23(19)30)14-8-9-15(24)17(11-14)27(31)32/h4-9,11,16,18-20H,2-3,10H2,1H3/t16-,18-,19+,20-/m1/s1. The van der Waals surface area contributed by atoms with Crippen molar-refractivity contribution < 1.29 is 19.3 Å². The van der Waals surface area contributed by atoms with Crippen LogP contribution in [0.15, 0.2) is 42.5 Å². The van der Waals surface area contributed by atoms with Crippen molar-refractivity contribution in [2.45, 2.75) is 31.8 Å². The van der Waals surface area contributed by atoms with Gasteiger partial charge in [-0.2, -0.15) is 0 Å². The number of benzene rings is 2. The molecule has 0 spiro atoms. The Labute approximate surface area is 188 Å². The number of amides is 2. The predicted octanol–water partition coefficient (Wildman–Crippen LogP) is 3.39. The zero-order valence-corrected chi connectivity index (χ0v) is 18.0. The van der Waals surface area contributed by atoms with Gasteiger partial charge in [0.15, 0.2) is 5.78 Å². The smallest absolute Gasteiger partial charge is 0.289 e. The van der Waals surface area contributed by atoms with Crippen molar-refractivity contribution in [1.29, 1.82) is 0 Å². The van der Waals surface area contributed by atoms with E-state index in [1.54, 1.807) is 12.1 Å².